The number of carboxylic acid groups (broad SMARTS) is 1. The van der Waals surface area contributed by atoms with Gasteiger partial charge in [0, 0.05) is 0 Å². The first-order valence-electron chi connectivity index (χ1n) is 6.01. The van der Waals surface area contributed by atoms with Crippen molar-refractivity contribution >= 4 is 17.6 Å². The van der Waals surface area contributed by atoms with Crippen molar-refractivity contribution < 1.29 is 9.90 Å². The van der Waals surface area contributed by atoms with Crippen molar-refractivity contribution in [2.75, 3.05) is 0 Å². The van der Waals surface area contributed by atoms with E-state index in [-0.39, 0.29) is 0 Å². The van der Waals surface area contributed by atoms with E-state index in [0.717, 1.165) is 12.8 Å². The lowest BCUT2D eigenvalue weighted by atomic mass is 9.79. The quantitative estimate of drug-likeness (QED) is 0.578. The summed E-state index contributed by atoms with van der Waals surface area (Å²) in [5.74, 6) is -0.126. The molecule has 0 aromatic carbocycles. The van der Waals surface area contributed by atoms with Gasteiger partial charge in [-0.1, -0.05) is 32.6 Å². The molecule has 0 aromatic heterocycles. The Bertz CT molecular complexity index is 208. The van der Waals surface area contributed by atoms with Crippen molar-refractivity contribution in [1.82, 2.24) is 0 Å². The highest BCUT2D eigenvalue weighted by Gasteiger charge is 2.39. The van der Waals surface area contributed by atoms with Crippen LogP contribution in [-0.4, -0.2) is 16.0 Å². The van der Waals surface area contributed by atoms with E-state index < -0.39 is 10.8 Å². The van der Waals surface area contributed by atoms with E-state index in [1.54, 1.807) is 0 Å². The molecule has 0 aliphatic heterocycles. The summed E-state index contributed by atoms with van der Waals surface area (Å²) in [6, 6.07) is 0. The van der Waals surface area contributed by atoms with Crippen LogP contribution >= 0.6 is 11.6 Å². The molecule has 1 saturated carbocycles. The second-order valence-corrected chi connectivity index (χ2v) is 5.43. The zero-order chi connectivity index (χ0) is 11.3. The fraction of sp³-hybridized carbons (Fsp3) is 0.917. The third kappa shape index (κ3) is 3.67. The summed E-state index contributed by atoms with van der Waals surface area (Å²) in [5.41, 5.74) is 0. The lowest BCUT2D eigenvalue weighted by Gasteiger charge is -2.32. The predicted octanol–water partition coefficient (Wildman–Crippen LogP) is 3.82. The molecule has 0 amide bonds. The largest absolute Gasteiger partial charge is 0.480 e. The molecule has 2 nitrogen and oxygen atoms in total. The van der Waals surface area contributed by atoms with Crippen molar-refractivity contribution in [3.8, 4) is 0 Å². The maximum Gasteiger partial charge on any atom is 0.324 e. The number of carbonyl (C=O) groups is 1. The smallest absolute Gasteiger partial charge is 0.324 e. The highest BCUT2D eigenvalue weighted by atomic mass is 35.5. The molecule has 0 spiro atoms. The molecule has 0 saturated heterocycles. The molecule has 0 aromatic rings. The fourth-order valence-electron chi connectivity index (χ4n) is 2.32. The van der Waals surface area contributed by atoms with Gasteiger partial charge in [0.2, 0.25) is 0 Å². The van der Waals surface area contributed by atoms with Crippen molar-refractivity contribution in [1.29, 1.82) is 0 Å². The summed E-state index contributed by atoms with van der Waals surface area (Å²) in [6.45, 7) is 2.20. The van der Waals surface area contributed by atoms with E-state index in [1.165, 1.54) is 25.7 Å². The third-order valence-electron chi connectivity index (χ3n) is 3.50. The summed E-state index contributed by atoms with van der Waals surface area (Å²) in [7, 11) is 0. The van der Waals surface area contributed by atoms with Gasteiger partial charge in [-0.2, -0.15) is 0 Å². The molecular weight excluding hydrogens is 212 g/mol. The zero-order valence-electron chi connectivity index (χ0n) is 9.47. The van der Waals surface area contributed by atoms with E-state index >= 15 is 0 Å². The third-order valence-corrected chi connectivity index (χ3v) is 4.04. The molecule has 3 heteroatoms. The average Bonchev–Trinajstić information content (AvgIpc) is 2.21. The fourth-order valence-corrected chi connectivity index (χ4v) is 2.54. The molecule has 0 atom stereocenters. The molecule has 1 aliphatic carbocycles. The minimum Gasteiger partial charge on any atom is -0.480 e. The SMILES string of the molecule is CCCCCC1CCC(Cl)(C(=O)O)CC1. The Labute approximate surface area is 97.0 Å². The van der Waals surface area contributed by atoms with E-state index in [0.29, 0.717) is 18.8 Å². The molecule has 0 bridgehead atoms. The maximum atomic E-state index is 10.9. The first-order valence-corrected chi connectivity index (χ1v) is 6.38. The minimum atomic E-state index is -0.957. The summed E-state index contributed by atoms with van der Waals surface area (Å²) >= 11 is 6.04. The first kappa shape index (κ1) is 12.8. The summed E-state index contributed by atoms with van der Waals surface area (Å²) in [6.07, 6.45) is 8.33. The van der Waals surface area contributed by atoms with E-state index in [4.69, 9.17) is 16.7 Å². The number of halogens is 1. The van der Waals surface area contributed by atoms with Crippen LogP contribution in [0.3, 0.4) is 0 Å². The Morgan fingerprint density at radius 3 is 2.47 bits per heavy atom. The molecule has 1 aliphatic rings. The van der Waals surface area contributed by atoms with E-state index in [2.05, 4.69) is 6.92 Å². The van der Waals surface area contributed by atoms with Crippen LogP contribution in [0, 0.1) is 5.92 Å². The highest BCUT2D eigenvalue weighted by Crippen LogP contribution is 2.39. The van der Waals surface area contributed by atoms with Gasteiger partial charge in [0.15, 0.2) is 0 Å². The van der Waals surface area contributed by atoms with Crippen molar-refractivity contribution in [3.05, 3.63) is 0 Å². The van der Waals surface area contributed by atoms with Gasteiger partial charge >= 0.3 is 5.97 Å². The van der Waals surface area contributed by atoms with Crippen molar-refractivity contribution in [2.24, 2.45) is 5.92 Å². The van der Waals surface area contributed by atoms with Crippen LogP contribution in [0.5, 0.6) is 0 Å². The first-order chi connectivity index (χ1) is 7.08. The molecule has 88 valence electrons. The number of aliphatic carboxylic acids is 1. The van der Waals surface area contributed by atoms with Crippen LogP contribution < -0.4 is 0 Å². The van der Waals surface area contributed by atoms with Crippen LogP contribution in [0.25, 0.3) is 0 Å². The molecule has 1 rings (SSSR count). The number of alkyl halides is 1. The van der Waals surface area contributed by atoms with E-state index in [1.807, 2.05) is 0 Å². The summed E-state index contributed by atoms with van der Waals surface area (Å²) in [4.78, 5) is 9.95. The maximum absolute atomic E-state index is 10.9. The van der Waals surface area contributed by atoms with Crippen molar-refractivity contribution in [2.45, 2.75) is 63.2 Å². The van der Waals surface area contributed by atoms with E-state index in [9.17, 15) is 4.79 Å². The Kier molecular flexibility index (Phi) is 4.91. The highest BCUT2D eigenvalue weighted by molar-refractivity contribution is 6.33. The zero-order valence-corrected chi connectivity index (χ0v) is 10.2. The number of hydrogen-bond acceptors (Lipinski definition) is 1. The van der Waals surface area contributed by atoms with Crippen LogP contribution in [0.1, 0.15) is 58.3 Å². The Morgan fingerprint density at radius 1 is 1.40 bits per heavy atom. The normalized spacial score (nSPS) is 31.5. The van der Waals surface area contributed by atoms with Gasteiger partial charge in [-0.05, 0) is 31.6 Å². The number of carboxylic acids is 1. The van der Waals surface area contributed by atoms with Crippen molar-refractivity contribution in [3.63, 3.8) is 0 Å². The van der Waals surface area contributed by atoms with Crippen LogP contribution in [-0.2, 0) is 4.79 Å². The van der Waals surface area contributed by atoms with Gasteiger partial charge in [-0.15, -0.1) is 11.6 Å². The minimum absolute atomic E-state index is 0.640. The summed E-state index contributed by atoms with van der Waals surface area (Å²) in [5, 5.41) is 8.97. The number of hydrogen-bond donors (Lipinski definition) is 1. The predicted molar refractivity (Wildman–Crippen MR) is 62.3 cm³/mol. The van der Waals surface area contributed by atoms with Crippen LogP contribution in [0.15, 0.2) is 0 Å². The molecule has 0 unspecified atom stereocenters. The monoisotopic (exact) mass is 232 g/mol. The topological polar surface area (TPSA) is 37.3 Å². The molecular formula is C12H21ClO2. The van der Waals surface area contributed by atoms with Gasteiger partial charge in [0.05, 0.1) is 0 Å². The Morgan fingerprint density at radius 2 is 2.00 bits per heavy atom. The van der Waals surface area contributed by atoms with Crippen LogP contribution in [0.2, 0.25) is 0 Å². The molecule has 1 fully saturated rings. The van der Waals surface area contributed by atoms with Gasteiger partial charge in [0.1, 0.15) is 4.87 Å². The number of unbranched alkanes of at least 4 members (excludes halogenated alkanes) is 2. The van der Waals surface area contributed by atoms with Gasteiger partial charge < -0.3 is 5.11 Å². The second kappa shape index (κ2) is 5.74. The number of rotatable bonds is 5. The van der Waals surface area contributed by atoms with Crippen LogP contribution in [0.4, 0.5) is 0 Å². The standard InChI is InChI=1S/C12H21ClO2/c1-2-3-4-5-10-6-8-12(13,9-7-10)11(14)15/h10H,2-9H2,1H3,(H,14,15). The second-order valence-electron chi connectivity index (χ2n) is 4.71. The molecule has 1 N–H and O–H groups in total. The van der Waals surface area contributed by atoms with Gasteiger partial charge in [-0.25, -0.2) is 0 Å². The Hall–Kier alpha value is -0.240. The van der Waals surface area contributed by atoms with Gasteiger partial charge in [0.25, 0.3) is 0 Å². The lowest BCUT2D eigenvalue weighted by molar-refractivity contribution is -0.141. The average molecular weight is 233 g/mol. The summed E-state index contributed by atoms with van der Waals surface area (Å²) < 4.78 is 0. The molecule has 0 heterocycles. The Balaban J connectivity index is 2.26. The molecule has 0 radical (unpaired) electrons. The molecule has 15 heavy (non-hydrogen) atoms. The van der Waals surface area contributed by atoms with Gasteiger partial charge in [-0.3, -0.25) is 4.79 Å². The lowest BCUT2D eigenvalue weighted by Crippen LogP contribution is -2.36.